The van der Waals surface area contributed by atoms with Crippen LogP contribution in [-0.4, -0.2) is 47.1 Å². The first-order valence-electron chi connectivity index (χ1n) is 11.5. The second-order valence-electron chi connectivity index (χ2n) is 8.97. The predicted octanol–water partition coefficient (Wildman–Crippen LogP) is 4.94. The molecule has 6 nitrogen and oxygen atoms in total. The third-order valence-corrected chi connectivity index (χ3v) is 6.91. The summed E-state index contributed by atoms with van der Waals surface area (Å²) in [5.41, 5.74) is 1.51. The molecule has 2 aromatic heterocycles. The summed E-state index contributed by atoms with van der Waals surface area (Å²) >= 11 is 6.11. The highest BCUT2D eigenvalue weighted by molar-refractivity contribution is 6.30. The van der Waals surface area contributed by atoms with Crippen LogP contribution < -0.4 is 5.32 Å². The van der Waals surface area contributed by atoms with Crippen molar-refractivity contribution in [1.29, 1.82) is 0 Å². The third kappa shape index (κ3) is 5.29. The summed E-state index contributed by atoms with van der Waals surface area (Å²) in [6, 6.07) is 15.3. The maximum Gasteiger partial charge on any atom is 0.252 e. The number of halogens is 1. The fourth-order valence-corrected chi connectivity index (χ4v) is 5.00. The lowest BCUT2D eigenvalue weighted by Crippen LogP contribution is -2.44. The number of hydrogen-bond acceptors (Lipinski definition) is 5. The Morgan fingerprint density at radius 1 is 1.15 bits per heavy atom. The number of hydrogen-bond donors (Lipinski definition) is 1. The van der Waals surface area contributed by atoms with Gasteiger partial charge in [-0.3, -0.25) is 14.7 Å². The van der Waals surface area contributed by atoms with E-state index in [-0.39, 0.29) is 17.6 Å². The molecule has 1 amide bonds. The first-order valence-corrected chi connectivity index (χ1v) is 11.9. The molecule has 0 aliphatic carbocycles. The molecule has 2 aliphatic heterocycles. The maximum atomic E-state index is 12.3. The van der Waals surface area contributed by atoms with Crippen molar-refractivity contribution < 1.29 is 13.9 Å². The van der Waals surface area contributed by atoms with E-state index >= 15 is 0 Å². The molecule has 1 N–H and O–H groups in total. The standard InChI is InChI=1S/C26H28ClN3O3/c27-21-5-1-3-19(15-21)24-7-6-23(32-24)18-30-13-10-26(11-14-30)9-8-22(33-26)17-29-25(31)20-4-2-12-28-16-20/h1-7,12,15-16,22H,8-11,13-14,17-18H2,(H,29,31)/t22-/m0/s1. The lowest BCUT2D eigenvalue weighted by atomic mass is 9.88. The molecule has 0 radical (unpaired) electrons. The third-order valence-electron chi connectivity index (χ3n) is 6.67. The van der Waals surface area contributed by atoms with Crippen LogP contribution >= 0.6 is 11.6 Å². The smallest absolute Gasteiger partial charge is 0.252 e. The summed E-state index contributed by atoms with van der Waals surface area (Å²) in [5.74, 6) is 1.71. The molecule has 1 atom stereocenters. The molecule has 0 bridgehead atoms. The lowest BCUT2D eigenvalue weighted by molar-refractivity contribution is -0.0770. The minimum atomic E-state index is -0.0990. The van der Waals surface area contributed by atoms with E-state index in [2.05, 4.69) is 15.2 Å². The van der Waals surface area contributed by atoms with Gasteiger partial charge >= 0.3 is 0 Å². The molecule has 1 spiro atoms. The van der Waals surface area contributed by atoms with E-state index in [0.717, 1.165) is 62.4 Å². The molecule has 5 rings (SSSR count). The van der Waals surface area contributed by atoms with Gasteiger partial charge in [0.15, 0.2) is 0 Å². The van der Waals surface area contributed by atoms with Crippen LogP contribution in [0.1, 0.15) is 41.8 Å². The number of aromatic nitrogens is 1. The van der Waals surface area contributed by atoms with Gasteiger partial charge in [0.05, 0.1) is 23.8 Å². The number of furan rings is 1. The van der Waals surface area contributed by atoms with Crippen LogP contribution in [0.25, 0.3) is 11.3 Å². The van der Waals surface area contributed by atoms with Crippen LogP contribution in [0.3, 0.4) is 0 Å². The Labute approximate surface area is 198 Å². The average Bonchev–Trinajstić information content (AvgIpc) is 3.47. The zero-order valence-corrected chi connectivity index (χ0v) is 19.3. The van der Waals surface area contributed by atoms with Crippen molar-refractivity contribution in [3.8, 4) is 11.3 Å². The fraction of sp³-hybridized carbons (Fsp3) is 0.385. The fourth-order valence-electron chi connectivity index (χ4n) is 4.81. The van der Waals surface area contributed by atoms with Gasteiger partial charge in [-0.15, -0.1) is 0 Å². The topological polar surface area (TPSA) is 67.6 Å². The molecule has 2 aliphatic rings. The van der Waals surface area contributed by atoms with Crippen LogP contribution in [0.5, 0.6) is 0 Å². The Morgan fingerprint density at radius 3 is 2.82 bits per heavy atom. The van der Waals surface area contributed by atoms with Crippen molar-refractivity contribution >= 4 is 17.5 Å². The van der Waals surface area contributed by atoms with Crippen molar-refractivity contribution in [1.82, 2.24) is 15.2 Å². The van der Waals surface area contributed by atoms with Crippen molar-refractivity contribution in [3.63, 3.8) is 0 Å². The van der Waals surface area contributed by atoms with Gasteiger partial charge in [0.2, 0.25) is 0 Å². The van der Waals surface area contributed by atoms with Gasteiger partial charge in [-0.05, 0) is 62.1 Å². The highest BCUT2D eigenvalue weighted by Gasteiger charge is 2.42. The van der Waals surface area contributed by atoms with Gasteiger partial charge in [-0.25, -0.2) is 0 Å². The van der Waals surface area contributed by atoms with Crippen LogP contribution in [0.2, 0.25) is 5.02 Å². The number of likely N-dealkylation sites (tertiary alicyclic amines) is 1. The highest BCUT2D eigenvalue weighted by Crippen LogP contribution is 2.39. The molecular formula is C26H28ClN3O3. The number of nitrogens with one attached hydrogen (secondary N) is 1. The summed E-state index contributed by atoms with van der Waals surface area (Å²) in [5, 5.41) is 3.70. The van der Waals surface area contributed by atoms with E-state index in [1.54, 1.807) is 24.5 Å². The number of carbonyl (C=O) groups excluding carboxylic acids is 1. The number of pyridine rings is 1. The molecule has 4 heterocycles. The van der Waals surface area contributed by atoms with Crippen LogP contribution in [0.15, 0.2) is 65.3 Å². The Hall–Kier alpha value is -2.67. The monoisotopic (exact) mass is 465 g/mol. The van der Waals surface area contributed by atoms with Crippen molar-refractivity contribution in [2.24, 2.45) is 0 Å². The second-order valence-corrected chi connectivity index (χ2v) is 9.40. The van der Waals surface area contributed by atoms with Gasteiger partial charge in [-0.2, -0.15) is 0 Å². The van der Waals surface area contributed by atoms with Crippen LogP contribution in [0.4, 0.5) is 0 Å². The van der Waals surface area contributed by atoms with E-state index in [1.165, 1.54) is 0 Å². The van der Waals surface area contributed by atoms with Crippen LogP contribution in [0, 0.1) is 0 Å². The number of nitrogens with zero attached hydrogens (tertiary/aromatic N) is 2. The van der Waals surface area contributed by atoms with Gasteiger partial charge in [0.1, 0.15) is 11.5 Å². The molecule has 3 aromatic rings. The summed E-state index contributed by atoms with van der Waals surface area (Å²) in [6.07, 6.45) is 7.35. The summed E-state index contributed by atoms with van der Waals surface area (Å²) in [6.45, 7) is 3.28. The highest BCUT2D eigenvalue weighted by atomic mass is 35.5. The minimum absolute atomic E-state index is 0.0602. The zero-order chi connectivity index (χ0) is 22.7. The number of benzene rings is 1. The Balaban J connectivity index is 1.09. The quantitative estimate of drug-likeness (QED) is 0.558. The van der Waals surface area contributed by atoms with E-state index < -0.39 is 0 Å². The molecule has 0 unspecified atom stereocenters. The number of ether oxygens (including phenoxy) is 1. The molecule has 2 fully saturated rings. The van der Waals surface area contributed by atoms with Crippen molar-refractivity contribution in [3.05, 3.63) is 77.3 Å². The summed E-state index contributed by atoms with van der Waals surface area (Å²) in [4.78, 5) is 18.7. The molecule has 2 saturated heterocycles. The number of carbonyl (C=O) groups is 1. The van der Waals surface area contributed by atoms with Gasteiger partial charge in [0.25, 0.3) is 5.91 Å². The van der Waals surface area contributed by atoms with E-state index in [9.17, 15) is 4.79 Å². The minimum Gasteiger partial charge on any atom is -0.460 e. The Kier molecular flexibility index (Phi) is 6.49. The first-order chi connectivity index (χ1) is 16.1. The van der Waals surface area contributed by atoms with Gasteiger partial charge in [0, 0.05) is 42.6 Å². The van der Waals surface area contributed by atoms with Gasteiger partial charge < -0.3 is 14.5 Å². The van der Waals surface area contributed by atoms with E-state index in [4.69, 9.17) is 20.8 Å². The lowest BCUT2D eigenvalue weighted by Gasteiger charge is -2.39. The molecule has 172 valence electrons. The number of rotatable bonds is 6. The molecule has 7 heteroatoms. The summed E-state index contributed by atoms with van der Waals surface area (Å²) < 4.78 is 12.5. The molecular weight excluding hydrogens is 438 g/mol. The van der Waals surface area contributed by atoms with Crippen molar-refractivity contribution in [2.45, 2.75) is 43.9 Å². The van der Waals surface area contributed by atoms with E-state index in [1.807, 2.05) is 36.4 Å². The van der Waals surface area contributed by atoms with E-state index in [0.29, 0.717) is 17.1 Å². The average molecular weight is 466 g/mol. The number of amides is 1. The normalized spacial score (nSPS) is 20.2. The first kappa shape index (κ1) is 22.1. The second kappa shape index (κ2) is 9.67. The summed E-state index contributed by atoms with van der Waals surface area (Å²) in [7, 11) is 0. The molecule has 33 heavy (non-hydrogen) atoms. The molecule has 0 saturated carbocycles. The zero-order valence-electron chi connectivity index (χ0n) is 18.5. The Morgan fingerprint density at radius 2 is 2.03 bits per heavy atom. The molecule has 1 aromatic carbocycles. The largest absolute Gasteiger partial charge is 0.460 e. The number of piperidine rings is 1. The predicted molar refractivity (Wildman–Crippen MR) is 127 cm³/mol. The SMILES string of the molecule is O=C(NC[C@@H]1CCC2(CCN(Cc3ccc(-c4cccc(Cl)c4)o3)CC2)O1)c1cccnc1. The Bertz CT molecular complexity index is 1090. The maximum absolute atomic E-state index is 12.3. The van der Waals surface area contributed by atoms with Gasteiger partial charge in [-0.1, -0.05) is 23.7 Å². The van der Waals surface area contributed by atoms with Crippen molar-refractivity contribution in [2.75, 3.05) is 19.6 Å². The van der Waals surface area contributed by atoms with Crippen LogP contribution in [-0.2, 0) is 11.3 Å².